The maximum absolute atomic E-state index is 13.2. The van der Waals surface area contributed by atoms with Gasteiger partial charge in [-0.3, -0.25) is 9.59 Å². The van der Waals surface area contributed by atoms with E-state index in [-0.39, 0.29) is 30.9 Å². The SMILES string of the molecule is O=C(C[C@@H]1CC(=NOCc2ccccc2)CN1C(=O)COc1ccccc1)NCc1cccc2ccccc12. The molecule has 7 heteroatoms. The summed E-state index contributed by atoms with van der Waals surface area (Å²) >= 11 is 0. The Morgan fingerprint density at radius 2 is 1.59 bits per heavy atom. The third-order valence-electron chi connectivity index (χ3n) is 6.74. The normalized spacial score (nSPS) is 15.8. The van der Waals surface area contributed by atoms with Crippen molar-refractivity contribution in [2.45, 2.75) is 32.0 Å². The van der Waals surface area contributed by atoms with Crippen molar-refractivity contribution in [2.75, 3.05) is 13.2 Å². The highest BCUT2D eigenvalue weighted by atomic mass is 16.6. The molecule has 1 atom stereocenters. The number of carbonyl (C=O) groups excluding carboxylic acids is 2. The fraction of sp³-hybridized carbons (Fsp3) is 0.219. The standard InChI is InChI=1S/C32H31N3O4/c36-31(33-20-26-14-9-13-25-12-7-8-17-30(25)26)19-28-18-27(34-39-22-24-10-3-1-4-11-24)21-35(28)32(37)23-38-29-15-5-2-6-16-29/h1-17,28H,18-23H2,(H,33,36)/t28-/m0/s1. The molecule has 4 aromatic carbocycles. The van der Waals surface area contributed by atoms with E-state index in [0.29, 0.717) is 31.9 Å². The van der Waals surface area contributed by atoms with Crippen LogP contribution in [0.15, 0.2) is 108 Å². The average molecular weight is 522 g/mol. The van der Waals surface area contributed by atoms with E-state index in [2.05, 4.69) is 28.7 Å². The van der Waals surface area contributed by atoms with Gasteiger partial charge < -0.3 is 19.8 Å². The number of para-hydroxylation sites is 1. The first-order valence-corrected chi connectivity index (χ1v) is 13.1. The van der Waals surface area contributed by atoms with E-state index in [0.717, 1.165) is 27.6 Å². The van der Waals surface area contributed by atoms with Gasteiger partial charge in [0, 0.05) is 25.4 Å². The molecule has 0 unspecified atom stereocenters. The molecule has 0 radical (unpaired) electrons. The summed E-state index contributed by atoms with van der Waals surface area (Å²) in [5, 5.41) is 9.58. The molecule has 1 fully saturated rings. The number of hydrogen-bond acceptors (Lipinski definition) is 5. The summed E-state index contributed by atoms with van der Waals surface area (Å²) < 4.78 is 5.69. The zero-order valence-corrected chi connectivity index (χ0v) is 21.7. The molecule has 1 aliphatic rings. The average Bonchev–Trinajstić information content (AvgIpc) is 3.38. The Balaban J connectivity index is 1.22. The van der Waals surface area contributed by atoms with Gasteiger partial charge in [-0.2, -0.15) is 0 Å². The van der Waals surface area contributed by atoms with Gasteiger partial charge in [-0.05, 0) is 34.0 Å². The third-order valence-corrected chi connectivity index (χ3v) is 6.74. The van der Waals surface area contributed by atoms with Crippen LogP contribution in [0.1, 0.15) is 24.0 Å². The Morgan fingerprint density at radius 1 is 0.872 bits per heavy atom. The maximum Gasteiger partial charge on any atom is 0.261 e. The number of nitrogens with zero attached hydrogens (tertiary/aromatic N) is 2. The highest BCUT2D eigenvalue weighted by Gasteiger charge is 2.35. The van der Waals surface area contributed by atoms with Gasteiger partial charge in [-0.15, -0.1) is 0 Å². The molecule has 0 saturated carbocycles. The van der Waals surface area contributed by atoms with Crippen LogP contribution in [0.3, 0.4) is 0 Å². The summed E-state index contributed by atoms with van der Waals surface area (Å²) in [5.41, 5.74) is 2.79. The van der Waals surface area contributed by atoms with Crippen LogP contribution in [0, 0.1) is 0 Å². The number of nitrogens with one attached hydrogen (secondary N) is 1. The number of likely N-dealkylation sites (tertiary alicyclic amines) is 1. The lowest BCUT2D eigenvalue weighted by molar-refractivity contribution is -0.135. The highest BCUT2D eigenvalue weighted by Crippen LogP contribution is 2.22. The van der Waals surface area contributed by atoms with Crippen molar-refractivity contribution in [3.8, 4) is 5.75 Å². The van der Waals surface area contributed by atoms with Crippen LogP contribution < -0.4 is 10.1 Å². The Kier molecular flexibility index (Phi) is 8.48. The van der Waals surface area contributed by atoms with Gasteiger partial charge in [-0.25, -0.2) is 0 Å². The van der Waals surface area contributed by atoms with Gasteiger partial charge in [0.25, 0.3) is 5.91 Å². The summed E-state index contributed by atoms with van der Waals surface area (Å²) in [6, 6.07) is 32.8. The van der Waals surface area contributed by atoms with Crippen LogP contribution >= 0.6 is 0 Å². The molecular weight excluding hydrogens is 490 g/mol. The monoisotopic (exact) mass is 521 g/mol. The quantitative estimate of drug-likeness (QED) is 0.295. The van der Waals surface area contributed by atoms with Crippen molar-refractivity contribution in [3.05, 3.63) is 114 Å². The first-order chi connectivity index (χ1) is 19.2. The number of fused-ring (bicyclic) bond motifs is 1. The molecule has 1 saturated heterocycles. The van der Waals surface area contributed by atoms with E-state index in [1.807, 2.05) is 72.8 Å². The molecule has 0 aliphatic carbocycles. The molecule has 0 bridgehead atoms. The largest absolute Gasteiger partial charge is 0.484 e. The van der Waals surface area contributed by atoms with Crippen LogP contribution in [0.25, 0.3) is 10.8 Å². The van der Waals surface area contributed by atoms with E-state index in [1.54, 1.807) is 17.0 Å². The van der Waals surface area contributed by atoms with Crippen molar-refractivity contribution in [3.63, 3.8) is 0 Å². The number of hydrogen-bond donors (Lipinski definition) is 1. The van der Waals surface area contributed by atoms with Gasteiger partial charge >= 0.3 is 0 Å². The zero-order chi connectivity index (χ0) is 26.9. The lowest BCUT2D eigenvalue weighted by Gasteiger charge is -2.23. The number of amides is 2. The molecule has 4 aromatic rings. The fourth-order valence-electron chi connectivity index (χ4n) is 4.76. The topological polar surface area (TPSA) is 80.2 Å². The van der Waals surface area contributed by atoms with Crippen LogP contribution in [0.2, 0.25) is 0 Å². The Labute approximate surface area is 228 Å². The second kappa shape index (κ2) is 12.7. The summed E-state index contributed by atoms with van der Waals surface area (Å²) in [6.45, 7) is 0.939. The third kappa shape index (κ3) is 7.02. The zero-order valence-electron chi connectivity index (χ0n) is 21.7. The highest BCUT2D eigenvalue weighted by molar-refractivity contribution is 5.95. The Bertz CT molecular complexity index is 1430. The molecule has 1 N–H and O–H groups in total. The van der Waals surface area contributed by atoms with Crippen LogP contribution in [0.4, 0.5) is 0 Å². The molecule has 198 valence electrons. The van der Waals surface area contributed by atoms with E-state index < -0.39 is 0 Å². The summed E-state index contributed by atoms with van der Waals surface area (Å²) in [7, 11) is 0. The molecule has 0 aromatic heterocycles. The van der Waals surface area contributed by atoms with Crippen LogP contribution in [0.5, 0.6) is 5.75 Å². The minimum Gasteiger partial charge on any atom is -0.484 e. The minimum absolute atomic E-state index is 0.115. The molecule has 5 rings (SSSR count). The van der Waals surface area contributed by atoms with E-state index in [1.165, 1.54) is 0 Å². The van der Waals surface area contributed by atoms with Gasteiger partial charge in [0.15, 0.2) is 6.61 Å². The first-order valence-electron chi connectivity index (χ1n) is 13.1. The van der Waals surface area contributed by atoms with Crippen molar-refractivity contribution in [1.29, 1.82) is 0 Å². The summed E-state index contributed by atoms with van der Waals surface area (Å²) in [5.74, 6) is 0.301. The molecule has 0 spiro atoms. The molecular formula is C32H31N3O4. The van der Waals surface area contributed by atoms with E-state index >= 15 is 0 Å². The second-order valence-electron chi connectivity index (χ2n) is 9.52. The van der Waals surface area contributed by atoms with Crippen molar-refractivity contribution >= 4 is 28.3 Å². The minimum atomic E-state index is -0.330. The number of rotatable bonds is 10. The Morgan fingerprint density at radius 3 is 2.41 bits per heavy atom. The van der Waals surface area contributed by atoms with Gasteiger partial charge in [0.05, 0.1) is 12.3 Å². The predicted molar refractivity (Wildman–Crippen MR) is 151 cm³/mol. The maximum atomic E-state index is 13.2. The first kappa shape index (κ1) is 26.0. The van der Waals surface area contributed by atoms with Gasteiger partial charge in [0.2, 0.25) is 5.91 Å². The number of carbonyl (C=O) groups is 2. The molecule has 7 nitrogen and oxygen atoms in total. The summed E-state index contributed by atoms with van der Waals surface area (Å²) in [6.07, 6.45) is 0.632. The lowest BCUT2D eigenvalue weighted by atomic mass is 10.0. The lowest BCUT2D eigenvalue weighted by Crippen LogP contribution is -2.41. The number of ether oxygens (including phenoxy) is 1. The Hall–Kier alpha value is -4.65. The van der Waals surface area contributed by atoms with E-state index in [4.69, 9.17) is 9.57 Å². The number of oxime groups is 1. The predicted octanol–water partition coefficient (Wildman–Crippen LogP) is 5.10. The molecule has 39 heavy (non-hydrogen) atoms. The molecule has 1 aliphatic heterocycles. The smallest absolute Gasteiger partial charge is 0.261 e. The van der Waals surface area contributed by atoms with Crippen molar-refractivity contribution in [1.82, 2.24) is 10.2 Å². The fourth-order valence-corrected chi connectivity index (χ4v) is 4.76. The van der Waals surface area contributed by atoms with Gasteiger partial charge in [0.1, 0.15) is 12.4 Å². The van der Waals surface area contributed by atoms with E-state index in [9.17, 15) is 9.59 Å². The second-order valence-corrected chi connectivity index (χ2v) is 9.52. The van der Waals surface area contributed by atoms with Crippen molar-refractivity contribution in [2.24, 2.45) is 5.16 Å². The summed E-state index contributed by atoms with van der Waals surface area (Å²) in [4.78, 5) is 33.4. The number of benzene rings is 4. The molecule has 2 amide bonds. The van der Waals surface area contributed by atoms with Crippen LogP contribution in [-0.2, 0) is 27.6 Å². The van der Waals surface area contributed by atoms with Gasteiger partial charge in [-0.1, -0.05) is 96.2 Å². The molecule has 1 heterocycles. The van der Waals surface area contributed by atoms with Crippen molar-refractivity contribution < 1.29 is 19.2 Å². The van der Waals surface area contributed by atoms with Crippen LogP contribution in [-0.4, -0.2) is 41.6 Å².